The number of likely N-dealkylation sites (tertiary alicyclic amines) is 2. The maximum atomic E-state index is 13.1. The third kappa shape index (κ3) is 4.78. The van der Waals surface area contributed by atoms with E-state index in [0.29, 0.717) is 24.6 Å². The van der Waals surface area contributed by atoms with Crippen molar-refractivity contribution in [1.29, 1.82) is 0 Å². The van der Waals surface area contributed by atoms with Gasteiger partial charge in [0.05, 0.1) is 18.3 Å². The summed E-state index contributed by atoms with van der Waals surface area (Å²) in [5.41, 5.74) is 5.45. The lowest BCUT2D eigenvalue weighted by Crippen LogP contribution is -2.49. The minimum Gasteiger partial charge on any atom is -0.493 e. The van der Waals surface area contributed by atoms with Crippen molar-refractivity contribution >= 4 is 5.91 Å². The number of aryl methyl sites for hydroxylation is 1. The summed E-state index contributed by atoms with van der Waals surface area (Å²) in [4.78, 5) is 22.1. The topological polar surface area (TPSA) is 65.9 Å². The van der Waals surface area contributed by atoms with Crippen molar-refractivity contribution in [3.8, 4) is 5.75 Å². The molecule has 1 N–H and O–H groups in total. The Morgan fingerprint density at radius 1 is 1.15 bits per heavy atom. The molecule has 0 radical (unpaired) electrons. The third-order valence-corrected chi connectivity index (χ3v) is 7.50. The number of ether oxygens (including phenoxy) is 1. The van der Waals surface area contributed by atoms with E-state index in [2.05, 4.69) is 49.7 Å². The Morgan fingerprint density at radius 2 is 1.94 bits per heavy atom. The van der Waals surface area contributed by atoms with Crippen LogP contribution in [0.5, 0.6) is 5.75 Å². The predicted molar refractivity (Wildman–Crippen MR) is 130 cm³/mol. The van der Waals surface area contributed by atoms with Crippen LogP contribution in [0.2, 0.25) is 0 Å². The first-order valence-electron chi connectivity index (χ1n) is 12.2. The summed E-state index contributed by atoms with van der Waals surface area (Å²) in [6.45, 7) is 12.6. The second-order valence-corrected chi connectivity index (χ2v) is 9.65. The molecule has 0 unspecified atom stereocenters. The number of aliphatic hydroxyl groups is 1. The van der Waals surface area contributed by atoms with Crippen LogP contribution in [0.15, 0.2) is 30.5 Å². The maximum absolute atomic E-state index is 13.1. The lowest BCUT2D eigenvalue weighted by Gasteiger charge is -2.38. The number of fused-ring (bicyclic) bond motifs is 2. The number of amides is 1. The molecule has 4 atom stereocenters. The zero-order valence-electron chi connectivity index (χ0n) is 20.5. The van der Waals surface area contributed by atoms with Crippen molar-refractivity contribution in [2.24, 2.45) is 0 Å². The van der Waals surface area contributed by atoms with E-state index in [-0.39, 0.29) is 24.1 Å². The highest BCUT2D eigenvalue weighted by molar-refractivity contribution is 5.94. The summed E-state index contributed by atoms with van der Waals surface area (Å²) in [5, 5.41) is 9.47. The molecule has 6 heteroatoms. The molecule has 2 saturated heterocycles. The second-order valence-electron chi connectivity index (χ2n) is 9.65. The summed E-state index contributed by atoms with van der Waals surface area (Å²) in [6, 6.07) is 9.05. The fourth-order valence-corrected chi connectivity index (χ4v) is 5.29. The van der Waals surface area contributed by atoms with E-state index < -0.39 is 0 Å². The van der Waals surface area contributed by atoms with Crippen molar-refractivity contribution in [2.45, 2.75) is 78.1 Å². The fraction of sp³-hybridized carbons (Fsp3) is 0.556. The molecule has 0 aliphatic carbocycles. The fourth-order valence-electron chi connectivity index (χ4n) is 5.29. The Morgan fingerprint density at radius 3 is 2.55 bits per heavy atom. The van der Waals surface area contributed by atoms with Gasteiger partial charge in [-0.05, 0) is 75.4 Å². The number of piperazine rings is 1. The number of hydrogen-bond donors (Lipinski definition) is 1. The van der Waals surface area contributed by atoms with Gasteiger partial charge in [-0.1, -0.05) is 13.0 Å². The molecule has 0 saturated carbocycles. The van der Waals surface area contributed by atoms with Gasteiger partial charge in [-0.3, -0.25) is 14.7 Å². The van der Waals surface area contributed by atoms with Gasteiger partial charge in [0.1, 0.15) is 5.75 Å². The Labute approximate surface area is 197 Å². The summed E-state index contributed by atoms with van der Waals surface area (Å²) in [5.74, 6) is 1.00. The molecule has 178 valence electrons. The van der Waals surface area contributed by atoms with E-state index in [0.717, 1.165) is 42.9 Å². The molecule has 1 amide bonds. The highest BCUT2D eigenvalue weighted by Gasteiger charge is 2.47. The smallest absolute Gasteiger partial charge is 0.255 e. The lowest BCUT2D eigenvalue weighted by atomic mass is 9.96. The van der Waals surface area contributed by atoms with Crippen LogP contribution >= 0.6 is 0 Å². The van der Waals surface area contributed by atoms with Crippen LogP contribution in [0.3, 0.4) is 0 Å². The molecule has 2 aromatic rings. The SMILES string of the molecule is CCc1ccc(C(=O)N2C[C@H]3C[C@@H]2CN3[C@@H](C)c2ccc(OCC[C@@H](C)O)c(C)c2C)cn1. The van der Waals surface area contributed by atoms with Gasteiger partial charge in [0.25, 0.3) is 5.91 Å². The minimum absolute atomic E-state index is 0.107. The maximum Gasteiger partial charge on any atom is 0.255 e. The standard InChI is InChI=1S/C27H37N3O3/c1-6-22-8-7-21(14-28-22)27(32)30-16-23-13-24(30)15-29(23)20(5)25-9-10-26(19(4)18(25)3)33-12-11-17(2)31/h7-10,14,17,20,23-24,31H,6,11-13,15-16H2,1-5H3/t17-,20+,23-,24-/m1/s1. The Bertz CT molecular complexity index is 989. The van der Waals surface area contributed by atoms with Crippen LogP contribution in [0.1, 0.15) is 72.4 Å². The molecule has 2 fully saturated rings. The van der Waals surface area contributed by atoms with E-state index in [1.54, 1.807) is 13.1 Å². The molecule has 2 aliphatic rings. The van der Waals surface area contributed by atoms with E-state index in [1.165, 1.54) is 11.1 Å². The highest BCUT2D eigenvalue weighted by Crippen LogP contribution is 2.39. The molecular formula is C27H37N3O3. The number of hydrogen-bond acceptors (Lipinski definition) is 5. The summed E-state index contributed by atoms with van der Waals surface area (Å²) < 4.78 is 5.91. The van der Waals surface area contributed by atoms with Crippen LogP contribution in [0, 0.1) is 13.8 Å². The molecule has 2 bridgehead atoms. The van der Waals surface area contributed by atoms with E-state index in [9.17, 15) is 9.90 Å². The average Bonchev–Trinajstić information content (AvgIpc) is 3.42. The van der Waals surface area contributed by atoms with Gasteiger partial charge < -0.3 is 14.7 Å². The molecule has 1 aromatic heterocycles. The van der Waals surface area contributed by atoms with Gasteiger partial charge in [0.15, 0.2) is 0 Å². The number of aliphatic hydroxyl groups excluding tert-OH is 1. The first kappa shape index (κ1) is 23.7. The number of carbonyl (C=O) groups is 1. The lowest BCUT2D eigenvalue weighted by molar-refractivity contribution is 0.0568. The van der Waals surface area contributed by atoms with Crippen LogP contribution < -0.4 is 4.74 Å². The molecule has 2 aliphatic heterocycles. The normalized spacial score (nSPS) is 21.9. The first-order chi connectivity index (χ1) is 15.8. The molecule has 4 rings (SSSR count). The number of pyridine rings is 1. The molecule has 33 heavy (non-hydrogen) atoms. The van der Waals surface area contributed by atoms with E-state index in [1.807, 2.05) is 17.0 Å². The zero-order valence-corrected chi connectivity index (χ0v) is 20.5. The summed E-state index contributed by atoms with van der Waals surface area (Å²) >= 11 is 0. The highest BCUT2D eigenvalue weighted by atomic mass is 16.5. The van der Waals surface area contributed by atoms with Crippen molar-refractivity contribution in [3.63, 3.8) is 0 Å². The molecule has 1 aromatic carbocycles. The monoisotopic (exact) mass is 451 g/mol. The molecular weight excluding hydrogens is 414 g/mol. The number of benzene rings is 1. The van der Waals surface area contributed by atoms with E-state index >= 15 is 0 Å². The van der Waals surface area contributed by atoms with Crippen LogP contribution in [0.25, 0.3) is 0 Å². The Kier molecular flexibility index (Phi) is 7.05. The van der Waals surface area contributed by atoms with Crippen molar-refractivity contribution in [1.82, 2.24) is 14.8 Å². The van der Waals surface area contributed by atoms with Gasteiger partial charge in [0.2, 0.25) is 0 Å². The number of carbonyl (C=O) groups excluding carboxylic acids is 1. The third-order valence-electron chi connectivity index (χ3n) is 7.50. The van der Waals surface area contributed by atoms with Crippen molar-refractivity contribution in [2.75, 3.05) is 19.7 Å². The molecule has 6 nitrogen and oxygen atoms in total. The summed E-state index contributed by atoms with van der Waals surface area (Å²) in [7, 11) is 0. The minimum atomic E-state index is -0.352. The van der Waals surface area contributed by atoms with Gasteiger partial charge in [-0.2, -0.15) is 0 Å². The van der Waals surface area contributed by atoms with Crippen LogP contribution in [-0.2, 0) is 6.42 Å². The number of rotatable bonds is 8. The summed E-state index contributed by atoms with van der Waals surface area (Å²) in [6.07, 6.45) is 3.92. The van der Waals surface area contributed by atoms with Crippen molar-refractivity contribution in [3.05, 3.63) is 58.4 Å². The van der Waals surface area contributed by atoms with Crippen molar-refractivity contribution < 1.29 is 14.6 Å². The number of nitrogens with zero attached hydrogens (tertiary/aromatic N) is 3. The average molecular weight is 452 g/mol. The first-order valence-corrected chi connectivity index (χ1v) is 12.2. The van der Waals surface area contributed by atoms with Gasteiger partial charge in [-0.15, -0.1) is 0 Å². The Hall–Kier alpha value is -2.44. The van der Waals surface area contributed by atoms with Gasteiger partial charge >= 0.3 is 0 Å². The van der Waals surface area contributed by atoms with Gasteiger partial charge in [0, 0.05) is 49.5 Å². The quantitative estimate of drug-likeness (QED) is 0.655. The molecule has 0 spiro atoms. The number of aromatic nitrogens is 1. The molecule has 3 heterocycles. The second kappa shape index (κ2) is 9.82. The largest absolute Gasteiger partial charge is 0.493 e. The Balaban J connectivity index is 1.41. The van der Waals surface area contributed by atoms with Crippen LogP contribution in [-0.4, -0.2) is 63.7 Å². The predicted octanol–water partition coefficient (Wildman–Crippen LogP) is 4.07. The van der Waals surface area contributed by atoms with Crippen LogP contribution in [0.4, 0.5) is 0 Å². The zero-order chi connectivity index (χ0) is 23.7. The van der Waals surface area contributed by atoms with Gasteiger partial charge in [-0.25, -0.2) is 0 Å². The van der Waals surface area contributed by atoms with E-state index in [4.69, 9.17) is 4.74 Å².